The molecule has 1 aromatic rings. The van der Waals surface area contributed by atoms with Gasteiger partial charge in [-0.3, -0.25) is 5.32 Å². The summed E-state index contributed by atoms with van der Waals surface area (Å²) in [5.74, 6) is -0.124. The van der Waals surface area contributed by atoms with Crippen molar-refractivity contribution in [2.24, 2.45) is 4.99 Å². The van der Waals surface area contributed by atoms with Gasteiger partial charge in [0.1, 0.15) is 0 Å². The van der Waals surface area contributed by atoms with Crippen molar-refractivity contribution in [3.8, 4) is 0 Å². The lowest BCUT2D eigenvalue weighted by molar-refractivity contribution is 0.176. The van der Waals surface area contributed by atoms with E-state index >= 15 is 0 Å². The zero-order valence-electron chi connectivity index (χ0n) is 8.78. The molecule has 17 heavy (non-hydrogen) atoms. The summed E-state index contributed by atoms with van der Waals surface area (Å²) in [5.41, 5.74) is 0.547. The van der Waals surface area contributed by atoms with Gasteiger partial charge in [0, 0.05) is 0 Å². The average molecular weight is 296 g/mol. The summed E-state index contributed by atoms with van der Waals surface area (Å²) in [5, 5.41) is 2.25. The number of rotatable bonds is 1. The average Bonchev–Trinajstić information content (AvgIpc) is 2.28. The van der Waals surface area contributed by atoms with Crippen molar-refractivity contribution in [2.75, 3.05) is 7.11 Å². The van der Waals surface area contributed by atoms with E-state index < -0.39 is 9.89 Å². The predicted octanol–water partition coefficient (Wildman–Crippen LogP) is 3.44. The van der Waals surface area contributed by atoms with Gasteiger partial charge < -0.3 is 4.74 Å². The molecule has 0 atom stereocenters. The molecule has 1 amide bonds. The van der Waals surface area contributed by atoms with Crippen LogP contribution in [0.15, 0.2) is 35.3 Å². The number of methoxy groups -OCH3 is 1. The summed E-state index contributed by atoms with van der Waals surface area (Å²) in [4.78, 5) is 15.1. The number of halogens is 3. The quantitative estimate of drug-likeness (QED) is 0.490. The number of hydrogen-bond acceptors (Lipinski definition) is 3. The Labute approximate surface area is 114 Å². The van der Waals surface area contributed by atoms with E-state index in [4.69, 9.17) is 34.8 Å². The van der Waals surface area contributed by atoms with Gasteiger partial charge in [-0.15, -0.1) is 0 Å². The molecule has 7 heteroatoms. The van der Waals surface area contributed by atoms with Crippen LogP contribution < -0.4 is 5.32 Å². The molecule has 0 fully saturated rings. The van der Waals surface area contributed by atoms with Gasteiger partial charge in [-0.2, -0.15) is 0 Å². The number of para-hydroxylation sites is 1. The number of nitrogens with zero attached hydrogens (tertiary/aromatic N) is 1. The van der Waals surface area contributed by atoms with E-state index in [0.29, 0.717) is 5.69 Å². The van der Waals surface area contributed by atoms with Crippen LogP contribution in [0.3, 0.4) is 0 Å². The number of alkyl carbamates (subject to hydrolysis) is 1. The third-order valence-electron chi connectivity index (χ3n) is 1.67. The number of amides is 1. The van der Waals surface area contributed by atoms with Crippen molar-refractivity contribution in [3.05, 3.63) is 30.3 Å². The highest BCUT2D eigenvalue weighted by Gasteiger charge is 2.30. The first-order valence-electron chi connectivity index (χ1n) is 4.49. The molecule has 1 rings (SSSR count). The van der Waals surface area contributed by atoms with Crippen LogP contribution in [0, 0.1) is 0 Å². The molecule has 0 aliphatic rings. The smallest absolute Gasteiger partial charge is 0.412 e. The molecule has 1 N–H and O–H groups in total. The summed E-state index contributed by atoms with van der Waals surface area (Å²) >= 11 is 17.0. The minimum absolute atomic E-state index is 0.124. The number of carbonyl (C=O) groups is 1. The van der Waals surface area contributed by atoms with Gasteiger partial charge in [-0.05, 0) is 12.1 Å². The lowest BCUT2D eigenvalue weighted by Gasteiger charge is -2.14. The Bertz CT molecular complexity index is 415. The van der Waals surface area contributed by atoms with E-state index in [0.717, 1.165) is 0 Å². The van der Waals surface area contributed by atoms with Crippen LogP contribution >= 0.6 is 34.8 Å². The second-order valence-electron chi connectivity index (χ2n) is 2.91. The topological polar surface area (TPSA) is 50.7 Å². The summed E-state index contributed by atoms with van der Waals surface area (Å²) in [6.45, 7) is 0. The molecule has 4 nitrogen and oxygen atoms in total. The maximum atomic E-state index is 11.1. The SMILES string of the molecule is COC(=O)NC(=Nc1ccccc1)C(Cl)(Cl)Cl. The number of ether oxygens (including phenoxy) is 1. The number of alkyl halides is 3. The minimum atomic E-state index is -1.84. The van der Waals surface area contributed by atoms with Crippen molar-refractivity contribution >= 4 is 52.4 Å². The van der Waals surface area contributed by atoms with Crippen molar-refractivity contribution in [1.82, 2.24) is 5.32 Å². The molecule has 92 valence electrons. The molecule has 0 saturated carbocycles. The van der Waals surface area contributed by atoms with Gasteiger partial charge in [0.05, 0.1) is 12.8 Å². The van der Waals surface area contributed by atoms with Crippen LogP contribution in [0.25, 0.3) is 0 Å². The highest BCUT2D eigenvalue weighted by atomic mass is 35.6. The third kappa shape index (κ3) is 4.81. The fourth-order valence-corrected chi connectivity index (χ4v) is 1.21. The van der Waals surface area contributed by atoms with Crippen LogP contribution in [0.4, 0.5) is 10.5 Å². The van der Waals surface area contributed by atoms with E-state index in [-0.39, 0.29) is 5.84 Å². The third-order valence-corrected chi connectivity index (χ3v) is 2.21. The summed E-state index contributed by atoms with van der Waals surface area (Å²) in [7, 11) is 1.20. The zero-order valence-corrected chi connectivity index (χ0v) is 11.1. The number of amidine groups is 1. The standard InChI is InChI=1S/C10H9Cl3N2O2/c1-17-9(16)15-8(10(11,12)13)14-7-5-3-2-4-6-7/h2-6H,1H3,(H,14,15,16). The van der Waals surface area contributed by atoms with E-state index in [1.54, 1.807) is 24.3 Å². The Morgan fingerprint density at radius 2 is 1.88 bits per heavy atom. The molecule has 0 bridgehead atoms. The summed E-state index contributed by atoms with van der Waals surface area (Å²) in [6, 6.07) is 8.77. The van der Waals surface area contributed by atoms with Gasteiger partial charge in [0.2, 0.25) is 3.79 Å². The van der Waals surface area contributed by atoms with Crippen LogP contribution in [0.5, 0.6) is 0 Å². The van der Waals surface area contributed by atoms with Gasteiger partial charge in [0.25, 0.3) is 0 Å². The second-order valence-corrected chi connectivity index (χ2v) is 5.19. The Morgan fingerprint density at radius 1 is 1.29 bits per heavy atom. The molecule has 0 heterocycles. The molecule has 0 radical (unpaired) electrons. The Morgan fingerprint density at radius 3 is 2.35 bits per heavy atom. The maximum Gasteiger partial charge on any atom is 0.412 e. The van der Waals surface area contributed by atoms with Crippen LogP contribution in [0.1, 0.15) is 0 Å². The second kappa shape index (κ2) is 6.10. The lowest BCUT2D eigenvalue weighted by atomic mass is 10.3. The van der Waals surface area contributed by atoms with Crippen molar-refractivity contribution in [1.29, 1.82) is 0 Å². The Balaban J connectivity index is 2.99. The Hall–Kier alpha value is -0.970. The van der Waals surface area contributed by atoms with Gasteiger partial charge >= 0.3 is 6.09 Å². The lowest BCUT2D eigenvalue weighted by Crippen LogP contribution is -2.38. The normalized spacial score (nSPS) is 12.1. The molecule has 0 aromatic heterocycles. The van der Waals surface area contributed by atoms with Gasteiger partial charge in [-0.25, -0.2) is 9.79 Å². The van der Waals surface area contributed by atoms with Gasteiger partial charge in [-0.1, -0.05) is 53.0 Å². The van der Waals surface area contributed by atoms with Crippen molar-refractivity contribution < 1.29 is 9.53 Å². The molecular formula is C10H9Cl3N2O2. The maximum absolute atomic E-state index is 11.1. The summed E-state index contributed by atoms with van der Waals surface area (Å²) in [6.07, 6.45) is -0.758. The van der Waals surface area contributed by atoms with Crippen LogP contribution in [-0.2, 0) is 4.74 Å². The molecule has 0 spiro atoms. The molecule has 0 unspecified atom stereocenters. The first kappa shape index (κ1) is 14.1. The number of nitrogens with one attached hydrogen (secondary N) is 1. The highest BCUT2D eigenvalue weighted by molar-refractivity contribution is 6.77. The first-order chi connectivity index (χ1) is 7.93. The number of carbonyl (C=O) groups excluding carboxylic acids is 1. The molecular weight excluding hydrogens is 286 g/mol. The predicted molar refractivity (Wildman–Crippen MR) is 69.4 cm³/mol. The highest BCUT2D eigenvalue weighted by Crippen LogP contribution is 2.28. The number of benzene rings is 1. The van der Waals surface area contributed by atoms with E-state index in [1.807, 2.05) is 6.07 Å². The Kier molecular flexibility index (Phi) is 5.05. The van der Waals surface area contributed by atoms with E-state index in [1.165, 1.54) is 7.11 Å². The summed E-state index contributed by atoms with van der Waals surface area (Å²) < 4.78 is 2.56. The van der Waals surface area contributed by atoms with Crippen LogP contribution in [0.2, 0.25) is 0 Å². The molecule has 0 aliphatic heterocycles. The van der Waals surface area contributed by atoms with Gasteiger partial charge in [0.15, 0.2) is 5.84 Å². The molecule has 0 aliphatic carbocycles. The molecule has 0 saturated heterocycles. The minimum Gasteiger partial charge on any atom is -0.453 e. The molecule has 1 aromatic carbocycles. The number of hydrogen-bond donors (Lipinski definition) is 1. The van der Waals surface area contributed by atoms with E-state index in [2.05, 4.69) is 15.0 Å². The number of aliphatic imine (C=N–C) groups is 1. The fourth-order valence-electron chi connectivity index (χ4n) is 0.942. The first-order valence-corrected chi connectivity index (χ1v) is 5.63. The van der Waals surface area contributed by atoms with Crippen molar-refractivity contribution in [3.63, 3.8) is 0 Å². The van der Waals surface area contributed by atoms with Crippen molar-refractivity contribution in [2.45, 2.75) is 3.79 Å². The zero-order chi connectivity index (χ0) is 12.9. The van der Waals surface area contributed by atoms with Crippen LogP contribution in [-0.4, -0.2) is 22.8 Å². The van der Waals surface area contributed by atoms with E-state index in [9.17, 15) is 4.79 Å². The monoisotopic (exact) mass is 294 g/mol. The fraction of sp³-hybridized carbons (Fsp3) is 0.200. The largest absolute Gasteiger partial charge is 0.453 e.